The summed E-state index contributed by atoms with van der Waals surface area (Å²) in [4.78, 5) is 11.2. The summed E-state index contributed by atoms with van der Waals surface area (Å²) < 4.78 is 29.4. The van der Waals surface area contributed by atoms with Crippen molar-refractivity contribution in [2.24, 2.45) is 5.92 Å². The van der Waals surface area contributed by atoms with E-state index in [1.807, 2.05) is 0 Å². The number of nitrogens with zero attached hydrogens (tertiary/aromatic N) is 2. The number of rotatable bonds is 6. The van der Waals surface area contributed by atoms with Gasteiger partial charge >= 0.3 is 5.97 Å². The van der Waals surface area contributed by atoms with Gasteiger partial charge < -0.3 is 5.11 Å². The lowest BCUT2D eigenvalue weighted by atomic mass is 10.1. The van der Waals surface area contributed by atoms with E-state index in [-0.39, 0.29) is 10.5 Å². The van der Waals surface area contributed by atoms with Crippen molar-refractivity contribution in [3.63, 3.8) is 0 Å². The zero-order chi connectivity index (χ0) is 17.5. The molecule has 1 aromatic carbocycles. The van der Waals surface area contributed by atoms with Gasteiger partial charge in [0.1, 0.15) is 0 Å². The molecule has 128 valence electrons. The molecule has 1 heterocycles. The molecule has 1 aliphatic carbocycles. The maximum Gasteiger partial charge on any atom is 0.335 e. The lowest BCUT2D eigenvalue weighted by Gasteiger charge is -2.11. The molecule has 1 aliphatic rings. The standard InChI is InChI=1S/C16H19N3O4S/c1-10-5-11(2)15(6-14(10)16(20)21)24(22,23)18-13-7-17-19(9-13)8-12-3-4-12/h5-7,9,12,18H,3-4,8H2,1-2H3,(H,20,21). The fourth-order valence-corrected chi connectivity index (χ4v) is 3.93. The second-order valence-electron chi connectivity index (χ2n) is 6.24. The maximum atomic E-state index is 12.6. The molecule has 2 N–H and O–H groups in total. The molecule has 24 heavy (non-hydrogen) atoms. The number of aromatic nitrogens is 2. The second kappa shape index (κ2) is 5.94. The minimum atomic E-state index is -3.88. The molecule has 0 amide bonds. The Labute approximate surface area is 140 Å². The SMILES string of the molecule is Cc1cc(C)c(S(=O)(=O)Nc2cnn(CC3CC3)c2)cc1C(=O)O. The van der Waals surface area contributed by atoms with E-state index < -0.39 is 16.0 Å². The van der Waals surface area contributed by atoms with E-state index in [0.717, 1.165) is 6.54 Å². The van der Waals surface area contributed by atoms with Crippen molar-refractivity contribution in [2.45, 2.75) is 38.1 Å². The van der Waals surface area contributed by atoms with Crippen LogP contribution in [0.15, 0.2) is 29.4 Å². The fraction of sp³-hybridized carbons (Fsp3) is 0.375. The number of carbonyl (C=O) groups is 1. The molecule has 0 aliphatic heterocycles. The average molecular weight is 349 g/mol. The number of aromatic carboxylic acids is 1. The number of carboxylic acids is 1. The maximum absolute atomic E-state index is 12.6. The molecule has 2 aromatic rings. The number of nitrogens with one attached hydrogen (secondary N) is 1. The second-order valence-corrected chi connectivity index (χ2v) is 7.89. The molecule has 0 unspecified atom stereocenters. The van der Waals surface area contributed by atoms with Crippen LogP contribution in [-0.2, 0) is 16.6 Å². The first kappa shape index (κ1) is 16.5. The van der Waals surface area contributed by atoms with Crippen LogP contribution >= 0.6 is 0 Å². The van der Waals surface area contributed by atoms with Gasteiger partial charge in [0.05, 0.1) is 22.3 Å². The predicted octanol–water partition coefficient (Wildman–Crippen LogP) is 2.41. The number of carboxylic acid groups (broad SMARTS) is 1. The third kappa shape index (κ3) is 3.43. The molecule has 0 bridgehead atoms. The summed E-state index contributed by atoms with van der Waals surface area (Å²) in [5.74, 6) is -0.520. The number of anilines is 1. The minimum absolute atomic E-state index is 0.0228. The quantitative estimate of drug-likeness (QED) is 0.834. The Morgan fingerprint density at radius 1 is 1.33 bits per heavy atom. The van der Waals surface area contributed by atoms with E-state index >= 15 is 0 Å². The van der Waals surface area contributed by atoms with Crippen molar-refractivity contribution in [1.29, 1.82) is 0 Å². The third-order valence-electron chi connectivity index (χ3n) is 4.07. The highest BCUT2D eigenvalue weighted by atomic mass is 32.2. The fourth-order valence-electron chi connectivity index (χ4n) is 2.64. The summed E-state index contributed by atoms with van der Waals surface area (Å²) in [7, 11) is -3.88. The Kier molecular flexibility index (Phi) is 4.08. The summed E-state index contributed by atoms with van der Waals surface area (Å²) in [6.07, 6.45) is 5.47. The molecular weight excluding hydrogens is 330 g/mol. The Balaban J connectivity index is 1.88. The van der Waals surface area contributed by atoms with Gasteiger partial charge in [-0.25, -0.2) is 13.2 Å². The predicted molar refractivity (Wildman–Crippen MR) is 88.6 cm³/mol. The lowest BCUT2D eigenvalue weighted by Crippen LogP contribution is -2.15. The Morgan fingerprint density at radius 3 is 2.67 bits per heavy atom. The van der Waals surface area contributed by atoms with E-state index in [1.54, 1.807) is 30.8 Å². The Hall–Kier alpha value is -2.35. The van der Waals surface area contributed by atoms with Gasteiger partial charge in [-0.1, -0.05) is 6.07 Å². The van der Waals surface area contributed by atoms with E-state index in [1.165, 1.54) is 25.1 Å². The molecule has 0 saturated heterocycles. The zero-order valence-electron chi connectivity index (χ0n) is 13.5. The van der Waals surface area contributed by atoms with Crippen molar-refractivity contribution < 1.29 is 18.3 Å². The molecule has 1 saturated carbocycles. The van der Waals surface area contributed by atoms with E-state index in [9.17, 15) is 18.3 Å². The van der Waals surface area contributed by atoms with Gasteiger partial charge in [-0.15, -0.1) is 0 Å². The highest BCUT2D eigenvalue weighted by Crippen LogP contribution is 2.30. The smallest absolute Gasteiger partial charge is 0.335 e. The van der Waals surface area contributed by atoms with Gasteiger partial charge in [-0.2, -0.15) is 5.10 Å². The number of hydrogen-bond donors (Lipinski definition) is 2. The van der Waals surface area contributed by atoms with E-state index in [2.05, 4.69) is 9.82 Å². The first-order valence-corrected chi connectivity index (χ1v) is 9.14. The molecular formula is C16H19N3O4S. The van der Waals surface area contributed by atoms with Crippen molar-refractivity contribution >= 4 is 21.7 Å². The molecule has 7 nitrogen and oxygen atoms in total. The van der Waals surface area contributed by atoms with Crippen LogP contribution in [0.5, 0.6) is 0 Å². The van der Waals surface area contributed by atoms with Crippen LogP contribution in [0, 0.1) is 19.8 Å². The molecule has 1 fully saturated rings. The van der Waals surface area contributed by atoms with Crippen molar-refractivity contribution in [2.75, 3.05) is 4.72 Å². The van der Waals surface area contributed by atoms with Gasteiger partial charge in [-0.3, -0.25) is 9.40 Å². The van der Waals surface area contributed by atoms with Gasteiger partial charge in [0.2, 0.25) is 0 Å². The lowest BCUT2D eigenvalue weighted by molar-refractivity contribution is 0.0696. The molecule has 0 radical (unpaired) electrons. The normalized spacial score (nSPS) is 14.6. The third-order valence-corrected chi connectivity index (χ3v) is 5.59. The van der Waals surface area contributed by atoms with Crippen LogP contribution in [0.25, 0.3) is 0 Å². The van der Waals surface area contributed by atoms with Gasteiger partial charge in [0, 0.05) is 12.7 Å². The number of sulfonamides is 1. The van der Waals surface area contributed by atoms with E-state index in [4.69, 9.17) is 0 Å². The molecule has 8 heteroatoms. The van der Waals surface area contributed by atoms with Gasteiger partial charge in [0.25, 0.3) is 10.0 Å². The molecule has 0 atom stereocenters. The first-order chi connectivity index (χ1) is 11.3. The van der Waals surface area contributed by atoms with Crippen LogP contribution in [0.1, 0.15) is 34.3 Å². The van der Waals surface area contributed by atoms with Crippen LogP contribution in [-0.4, -0.2) is 29.3 Å². The summed E-state index contributed by atoms with van der Waals surface area (Å²) in [5, 5.41) is 13.4. The topological polar surface area (TPSA) is 101 Å². The highest BCUT2D eigenvalue weighted by Gasteiger charge is 2.23. The van der Waals surface area contributed by atoms with E-state index in [0.29, 0.717) is 22.7 Å². The van der Waals surface area contributed by atoms with Crippen LogP contribution < -0.4 is 4.72 Å². The zero-order valence-corrected chi connectivity index (χ0v) is 14.3. The van der Waals surface area contributed by atoms with Crippen LogP contribution in [0.2, 0.25) is 0 Å². The van der Waals surface area contributed by atoms with Crippen molar-refractivity contribution in [1.82, 2.24) is 9.78 Å². The Bertz CT molecular complexity index is 898. The highest BCUT2D eigenvalue weighted by molar-refractivity contribution is 7.92. The summed E-state index contributed by atoms with van der Waals surface area (Å²) in [6, 6.07) is 2.76. The monoisotopic (exact) mass is 349 g/mol. The molecule has 3 rings (SSSR count). The van der Waals surface area contributed by atoms with Crippen molar-refractivity contribution in [3.05, 3.63) is 41.2 Å². The van der Waals surface area contributed by atoms with Crippen LogP contribution in [0.4, 0.5) is 5.69 Å². The Morgan fingerprint density at radius 2 is 2.04 bits per heavy atom. The number of benzene rings is 1. The van der Waals surface area contributed by atoms with Crippen molar-refractivity contribution in [3.8, 4) is 0 Å². The average Bonchev–Trinajstić information content (AvgIpc) is 3.17. The summed E-state index contributed by atoms with van der Waals surface area (Å²) in [5.41, 5.74) is 1.37. The molecule has 1 aromatic heterocycles. The minimum Gasteiger partial charge on any atom is -0.478 e. The largest absolute Gasteiger partial charge is 0.478 e. The van der Waals surface area contributed by atoms with Gasteiger partial charge in [0.15, 0.2) is 0 Å². The summed E-state index contributed by atoms with van der Waals surface area (Å²) in [6.45, 7) is 4.07. The number of aryl methyl sites for hydroxylation is 2. The summed E-state index contributed by atoms with van der Waals surface area (Å²) >= 11 is 0. The molecule has 0 spiro atoms. The first-order valence-electron chi connectivity index (χ1n) is 7.66. The van der Waals surface area contributed by atoms with Gasteiger partial charge in [-0.05, 0) is 49.8 Å². The van der Waals surface area contributed by atoms with Crippen LogP contribution in [0.3, 0.4) is 0 Å². The number of hydrogen-bond acceptors (Lipinski definition) is 4.